The second-order valence-corrected chi connectivity index (χ2v) is 2.45. The Hall–Kier alpha value is 0.0569. The van der Waals surface area contributed by atoms with E-state index >= 15 is 0 Å². The summed E-state index contributed by atoms with van der Waals surface area (Å²) in [6.45, 7) is 0.616. The van der Waals surface area contributed by atoms with Gasteiger partial charge in [-0.1, -0.05) is 0 Å². The molecule has 0 unspecified atom stereocenters. The Balaban J connectivity index is 3.37. The molecule has 0 aromatic rings. The van der Waals surface area contributed by atoms with Crippen LogP contribution < -0.4 is 17.2 Å². The third-order valence-electron chi connectivity index (χ3n) is 0.793. The molecule has 5 heteroatoms. The molecule has 0 radical (unpaired) electrons. The van der Waals surface area contributed by atoms with Gasteiger partial charge in [0.2, 0.25) is 0 Å². The molecule has 0 bridgehead atoms. The van der Waals surface area contributed by atoms with Gasteiger partial charge >= 0.3 is 0 Å². The van der Waals surface area contributed by atoms with Crippen LogP contribution in [0.5, 0.6) is 0 Å². The molecular formula is C3H13N3OSi. The Morgan fingerprint density at radius 3 is 2.12 bits per heavy atom. The maximum Gasteiger partial charge on any atom is 0.146 e. The van der Waals surface area contributed by atoms with Gasteiger partial charge in [-0.15, -0.1) is 0 Å². The van der Waals surface area contributed by atoms with Crippen molar-refractivity contribution < 1.29 is 4.43 Å². The largest absolute Gasteiger partial charge is 0.425 e. The molecule has 0 aliphatic carbocycles. The van der Waals surface area contributed by atoms with Crippen molar-refractivity contribution in [3.63, 3.8) is 0 Å². The van der Waals surface area contributed by atoms with Crippen molar-refractivity contribution in [2.24, 2.45) is 17.2 Å². The second kappa shape index (κ2) is 3.16. The molecular weight excluding hydrogens is 122 g/mol. The standard InChI is InChI=1S/C3H13N3OSi/c4-1-3(5,6)2-7-8/h1-2,4-6H2,8H3. The zero-order chi connectivity index (χ0) is 6.62. The van der Waals surface area contributed by atoms with Crippen LogP contribution in [0.1, 0.15) is 0 Å². The van der Waals surface area contributed by atoms with Crippen LogP contribution in [0.4, 0.5) is 0 Å². The Labute approximate surface area is 51.9 Å². The zero-order valence-electron chi connectivity index (χ0n) is 5.05. The molecule has 0 heterocycles. The molecule has 0 saturated carbocycles. The molecule has 0 aliphatic heterocycles. The van der Waals surface area contributed by atoms with Crippen molar-refractivity contribution in [2.75, 3.05) is 13.2 Å². The van der Waals surface area contributed by atoms with E-state index in [1.165, 1.54) is 0 Å². The lowest BCUT2D eigenvalue weighted by atomic mass is 10.2. The van der Waals surface area contributed by atoms with E-state index in [2.05, 4.69) is 0 Å². The molecule has 50 valence electrons. The van der Waals surface area contributed by atoms with Gasteiger partial charge in [-0.2, -0.15) is 0 Å². The first kappa shape index (κ1) is 8.06. The zero-order valence-corrected chi connectivity index (χ0v) is 7.05. The van der Waals surface area contributed by atoms with Gasteiger partial charge in [0.15, 0.2) is 0 Å². The van der Waals surface area contributed by atoms with E-state index in [4.69, 9.17) is 21.6 Å². The Morgan fingerprint density at radius 1 is 1.50 bits per heavy atom. The Bertz CT molecular complexity index is 67.5. The van der Waals surface area contributed by atoms with E-state index in [-0.39, 0.29) is 6.54 Å². The summed E-state index contributed by atoms with van der Waals surface area (Å²) < 4.78 is 4.81. The van der Waals surface area contributed by atoms with E-state index in [1.807, 2.05) is 0 Å². The summed E-state index contributed by atoms with van der Waals surface area (Å²) in [6, 6.07) is 0. The predicted molar refractivity (Wildman–Crippen MR) is 36.1 cm³/mol. The van der Waals surface area contributed by atoms with Crippen LogP contribution in [0.2, 0.25) is 0 Å². The summed E-state index contributed by atoms with van der Waals surface area (Å²) in [4.78, 5) is 0. The molecule has 0 aromatic heterocycles. The number of nitrogens with two attached hydrogens (primary N) is 3. The fourth-order valence-corrected chi connectivity index (χ4v) is 0.865. The quantitative estimate of drug-likeness (QED) is 0.282. The first-order chi connectivity index (χ1) is 3.62. The van der Waals surface area contributed by atoms with Crippen molar-refractivity contribution in [1.82, 2.24) is 0 Å². The van der Waals surface area contributed by atoms with Crippen molar-refractivity contribution in [1.29, 1.82) is 0 Å². The lowest BCUT2D eigenvalue weighted by molar-refractivity contribution is 0.243. The molecule has 4 nitrogen and oxygen atoms in total. The van der Waals surface area contributed by atoms with Crippen molar-refractivity contribution in [2.45, 2.75) is 5.66 Å². The number of hydrogen-bond donors (Lipinski definition) is 3. The van der Waals surface area contributed by atoms with Gasteiger partial charge in [0.1, 0.15) is 10.5 Å². The first-order valence-electron chi connectivity index (χ1n) is 2.39. The molecule has 6 N–H and O–H groups in total. The number of rotatable bonds is 3. The second-order valence-electron chi connectivity index (χ2n) is 1.87. The maximum absolute atomic E-state index is 5.38. The molecule has 0 saturated heterocycles. The molecule has 0 aromatic carbocycles. The van der Waals surface area contributed by atoms with Crippen LogP contribution in [0, 0.1) is 0 Å². The molecule has 0 rings (SSSR count). The van der Waals surface area contributed by atoms with Gasteiger partial charge in [-0.05, 0) is 0 Å². The summed E-state index contributed by atoms with van der Waals surface area (Å²) >= 11 is 0. The lowest BCUT2D eigenvalue weighted by Gasteiger charge is -2.20. The third-order valence-corrected chi connectivity index (χ3v) is 1.08. The van der Waals surface area contributed by atoms with E-state index in [1.54, 1.807) is 0 Å². The summed E-state index contributed by atoms with van der Waals surface area (Å²) in [5.41, 5.74) is 15.1. The Kier molecular flexibility index (Phi) is 3.18. The molecule has 8 heavy (non-hydrogen) atoms. The van der Waals surface area contributed by atoms with E-state index in [0.29, 0.717) is 17.1 Å². The molecule has 0 amide bonds. The van der Waals surface area contributed by atoms with Gasteiger partial charge in [0.25, 0.3) is 0 Å². The average molecular weight is 135 g/mol. The minimum absolute atomic E-state index is 0.259. The predicted octanol–water partition coefficient (Wildman–Crippen LogP) is -3.14. The monoisotopic (exact) mass is 135 g/mol. The van der Waals surface area contributed by atoms with E-state index in [9.17, 15) is 0 Å². The highest BCUT2D eigenvalue weighted by Crippen LogP contribution is 1.84. The molecule has 0 fully saturated rings. The SMILES string of the molecule is NCC(N)(N)CO[SiH3]. The van der Waals surface area contributed by atoms with Crippen LogP contribution in [0.15, 0.2) is 0 Å². The van der Waals surface area contributed by atoms with Crippen LogP contribution in [-0.2, 0) is 4.43 Å². The van der Waals surface area contributed by atoms with Crippen molar-refractivity contribution >= 4 is 10.5 Å². The van der Waals surface area contributed by atoms with Crippen molar-refractivity contribution in [3.8, 4) is 0 Å². The van der Waals surface area contributed by atoms with Gasteiger partial charge in [0.05, 0.1) is 12.3 Å². The molecule has 0 atom stereocenters. The minimum Gasteiger partial charge on any atom is -0.425 e. The van der Waals surface area contributed by atoms with Gasteiger partial charge in [0, 0.05) is 6.54 Å². The summed E-state index contributed by atoms with van der Waals surface area (Å²) in [7, 11) is 0.659. The van der Waals surface area contributed by atoms with Gasteiger partial charge in [-0.25, -0.2) is 0 Å². The summed E-state index contributed by atoms with van der Waals surface area (Å²) in [5, 5.41) is 0. The maximum atomic E-state index is 5.38. The number of hydrogen-bond acceptors (Lipinski definition) is 4. The highest BCUT2D eigenvalue weighted by Gasteiger charge is 2.14. The van der Waals surface area contributed by atoms with Gasteiger partial charge < -0.3 is 21.6 Å². The van der Waals surface area contributed by atoms with Crippen LogP contribution in [-0.4, -0.2) is 29.3 Å². The fraction of sp³-hybridized carbons (Fsp3) is 1.00. The van der Waals surface area contributed by atoms with E-state index < -0.39 is 5.66 Å². The van der Waals surface area contributed by atoms with E-state index in [0.717, 1.165) is 0 Å². The highest BCUT2D eigenvalue weighted by atomic mass is 28.2. The highest BCUT2D eigenvalue weighted by molar-refractivity contribution is 5.97. The normalized spacial score (nSPS) is 12.4. The van der Waals surface area contributed by atoms with Crippen LogP contribution in [0.3, 0.4) is 0 Å². The first-order valence-corrected chi connectivity index (χ1v) is 3.21. The van der Waals surface area contributed by atoms with Crippen molar-refractivity contribution in [3.05, 3.63) is 0 Å². The third kappa shape index (κ3) is 3.11. The topological polar surface area (TPSA) is 87.3 Å². The smallest absolute Gasteiger partial charge is 0.146 e. The fourth-order valence-electron chi connectivity index (χ4n) is 0.328. The minimum atomic E-state index is -0.818. The van der Waals surface area contributed by atoms with Crippen LogP contribution >= 0.6 is 0 Å². The average Bonchev–Trinajstić information content (AvgIpc) is 1.67. The summed E-state index contributed by atoms with van der Waals surface area (Å²) in [6.07, 6.45) is 0. The lowest BCUT2D eigenvalue weighted by Crippen LogP contribution is -2.58. The summed E-state index contributed by atoms with van der Waals surface area (Å²) in [5.74, 6) is 0. The van der Waals surface area contributed by atoms with Gasteiger partial charge in [-0.3, -0.25) is 0 Å². The van der Waals surface area contributed by atoms with Crippen LogP contribution in [0.25, 0.3) is 0 Å². The Morgan fingerprint density at radius 2 is 2.00 bits per heavy atom. The molecule has 0 spiro atoms. The molecule has 0 aliphatic rings.